The van der Waals surface area contributed by atoms with Crippen LogP contribution >= 0.6 is 0 Å². The fraction of sp³-hybridized carbons (Fsp3) is 0. The summed E-state index contributed by atoms with van der Waals surface area (Å²) >= 11 is -2.99. The fourth-order valence-electron chi connectivity index (χ4n) is 2.72. The van der Waals surface area contributed by atoms with Crippen molar-refractivity contribution in [2.45, 2.75) is 0 Å². The van der Waals surface area contributed by atoms with Crippen LogP contribution in [0, 0.1) is 0 Å². The third-order valence-electron chi connectivity index (χ3n) is 4.01. The topological polar surface area (TPSA) is 14.1 Å². The molecule has 0 aliphatic rings. The standard InChI is InChI=1S/C24H20NSe2.BrH/c1-5-13-21(14-6-1)26(22-15-7-2-8-16-22)25-27(23-17-9-3-10-18-23)24-19-11-4-12-20-24;/h1-20H;1H/q+1;/p-1. The summed E-state index contributed by atoms with van der Waals surface area (Å²) in [7, 11) is 0. The van der Waals surface area contributed by atoms with E-state index >= 15 is 0 Å². The maximum atomic E-state index is 5.61. The van der Waals surface area contributed by atoms with Gasteiger partial charge in [-0.25, -0.2) is 0 Å². The Bertz CT molecular complexity index is 907. The van der Waals surface area contributed by atoms with Gasteiger partial charge in [0.2, 0.25) is 0 Å². The third-order valence-corrected chi connectivity index (χ3v) is 13.9. The Morgan fingerprint density at radius 3 is 0.786 bits per heavy atom. The van der Waals surface area contributed by atoms with Gasteiger partial charge in [-0.3, -0.25) is 0 Å². The number of hydrogen-bond donors (Lipinski definition) is 0. The van der Waals surface area contributed by atoms with E-state index in [1.54, 1.807) is 0 Å². The molecule has 4 rings (SSSR count). The second-order valence-corrected chi connectivity index (χ2v) is 14.2. The summed E-state index contributed by atoms with van der Waals surface area (Å²) in [5.41, 5.74) is 0. The Balaban J connectivity index is 0.00000225. The van der Waals surface area contributed by atoms with Crippen molar-refractivity contribution >= 4 is 45.3 Å². The minimum atomic E-state index is -1.50. The Morgan fingerprint density at radius 2 is 0.571 bits per heavy atom. The molecule has 0 radical (unpaired) electrons. The van der Waals surface area contributed by atoms with E-state index in [1.807, 2.05) is 0 Å². The number of halogens is 1. The van der Waals surface area contributed by atoms with Gasteiger partial charge in [-0.2, -0.15) is 0 Å². The van der Waals surface area contributed by atoms with Gasteiger partial charge in [0.15, 0.2) is 0 Å². The molecule has 0 bridgehead atoms. The van der Waals surface area contributed by atoms with Gasteiger partial charge in [-0.15, -0.1) is 0 Å². The molecule has 0 saturated carbocycles. The van der Waals surface area contributed by atoms with E-state index in [4.69, 9.17) is 2.61 Å². The molecule has 1 nitrogen and oxygen atoms in total. The van der Waals surface area contributed by atoms with Crippen molar-refractivity contribution < 1.29 is 17.0 Å². The maximum absolute atomic E-state index is 5.61. The van der Waals surface area contributed by atoms with Crippen molar-refractivity contribution in [2.75, 3.05) is 0 Å². The minimum absolute atomic E-state index is 0. The zero-order chi connectivity index (χ0) is 18.3. The first kappa shape index (κ1) is 20.8. The van der Waals surface area contributed by atoms with E-state index in [9.17, 15) is 0 Å². The Morgan fingerprint density at radius 1 is 0.357 bits per heavy atom. The molecule has 0 unspecified atom stereocenters. The summed E-state index contributed by atoms with van der Waals surface area (Å²) < 4.78 is 11.1. The monoisotopic (exact) mass is 561 g/mol. The van der Waals surface area contributed by atoms with Crippen molar-refractivity contribution in [3.63, 3.8) is 0 Å². The van der Waals surface area contributed by atoms with Crippen LogP contribution < -0.4 is 37.4 Å². The van der Waals surface area contributed by atoms with Gasteiger partial charge < -0.3 is 17.0 Å². The van der Waals surface area contributed by atoms with Crippen LogP contribution in [-0.4, -0.2) is 27.4 Å². The van der Waals surface area contributed by atoms with Gasteiger partial charge in [-0.1, -0.05) is 0 Å². The molecule has 140 valence electrons. The molecule has 0 fully saturated rings. The van der Waals surface area contributed by atoms with Crippen molar-refractivity contribution in [1.82, 2.24) is 2.61 Å². The van der Waals surface area contributed by atoms with Crippen LogP contribution in [0.15, 0.2) is 121 Å². The Kier molecular flexibility index (Phi) is 7.89. The molecule has 0 amide bonds. The van der Waals surface area contributed by atoms with Gasteiger partial charge in [0.25, 0.3) is 0 Å². The van der Waals surface area contributed by atoms with Gasteiger partial charge in [0.05, 0.1) is 0 Å². The van der Waals surface area contributed by atoms with Crippen LogP contribution in [0.1, 0.15) is 0 Å². The number of nitrogens with zero attached hydrogens (tertiary/aromatic N) is 1. The average Bonchev–Trinajstić information content (AvgIpc) is 2.77. The quantitative estimate of drug-likeness (QED) is 0.230. The second-order valence-electron chi connectivity index (χ2n) is 5.90. The third kappa shape index (κ3) is 5.13. The van der Waals surface area contributed by atoms with Crippen LogP contribution in [0.4, 0.5) is 0 Å². The summed E-state index contributed by atoms with van der Waals surface area (Å²) in [4.78, 5) is 0. The summed E-state index contributed by atoms with van der Waals surface area (Å²) in [6, 6.07) is 43.3. The number of rotatable bonds is 4. The molecular formula is C24H20BrNSe2. The predicted octanol–water partition coefficient (Wildman–Crippen LogP) is -0.793. The van der Waals surface area contributed by atoms with Gasteiger partial charge >= 0.3 is 169 Å². The van der Waals surface area contributed by atoms with Crippen LogP contribution in [0.2, 0.25) is 0 Å². The van der Waals surface area contributed by atoms with Crippen molar-refractivity contribution in [3.8, 4) is 0 Å². The normalized spacial score (nSPS) is 10.4. The van der Waals surface area contributed by atoms with E-state index in [2.05, 4.69) is 121 Å². The summed E-state index contributed by atoms with van der Waals surface area (Å²) in [6.07, 6.45) is 0. The van der Waals surface area contributed by atoms with Crippen molar-refractivity contribution in [3.05, 3.63) is 121 Å². The number of benzene rings is 4. The molecule has 0 aliphatic carbocycles. The Labute approximate surface area is 185 Å². The van der Waals surface area contributed by atoms with Gasteiger partial charge in [-0.05, 0) is 0 Å². The van der Waals surface area contributed by atoms with E-state index in [0.717, 1.165) is 0 Å². The first-order chi connectivity index (χ1) is 13.4. The zero-order valence-corrected chi connectivity index (χ0v) is 20.2. The molecule has 0 atom stereocenters. The van der Waals surface area contributed by atoms with Crippen LogP contribution in [0.3, 0.4) is 0 Å². The molecular weight excluding hydrogens is 540 g/mol. The molecule has 0 N–H and O–H groups in total. The molecule has 0 saturated heterocycles. The molecule has 4 aromatic carbocycles. The molecule has 0 aromatic heterocycles. The van der Waals surface area contributed by atoms with E-state index in [1.165, 1.54) is 17.8 Å². The molecule has 0 aliphatic heterocycles. The van der Waals surface area contributed by atoms with E-state index < -0.39 is 27.4 Å². The zero-order valence-electron chi connectivity index (χ0n) is 15.2. The number of hydrogen-bond acceptors (Lipinski definition) is 0. The summed E-state index contributed by atoms with van der Waals surface area (Å²) in [6.45, 7) is 0. The first-order valence-electron chi connectivity index (χ1n) is 8.82. The Hall–Kier alpha value is -1.89. The van der Waals surface area contributed by atoms with Gasteiger partial charge in [0, 0.05) is 0 Å². The average molecular weight is 560 g/mol. The van der Waals surface area contributed by atoms with E-state index in [0.29, 0.717) is 0 Å². The van der Waals surface area contributed by atoms with Gasteiger partial charge in [0.1, 0.15) is 0 Å². The molecule has 28 heavy (non-hydrogen) atoms. The predicted molar refractivity (Wildman–Crippen MR) is 118 cm³/mol. The second kappa shape index (κ2) is 10.6. The molecule has 0 heterocycles. The molecule has 4 heteroatoms. The summed E-state index contributed by atoms with van der Waals surface area (Å²) in [5.74, 6) is 0. The SMILES string of the molecule is [Br-].c1ccc([Se](=[N+]=[Se](c2ccccc2)c2ccccc2)c2ccccc2)cc1. The van der Waals surface area contributed by atoms with Crippen LogP contribution in [0.5, 0.6) is 0 Å². The molecule has 0 spiro atoms. The fourth-order valence-corrected chi connectivity index (χ4v) is 13.8. The van der Waals surface area contributed by atoms with Crippen molar-refractivity contribution in [1.29, 1.82) is 0 Å². The first-order valence-corrected chi connectivity index (χ1v) is 13.8. The molecule has 4 aromatic rings. The summed E-state index contributed by atoms with van der Waals surface area (Å²) in [5, 5.41) is 0. The van der Waals surface area contributed by atoms with Crippen molar-refractivity contribution in [2.24, 2.45) is 0 Å². The van der Waals surface area contributed by atoms with E-state index in [-0.39, 0.29) is 17.0 Å². The van der Waals surface area contributed by atoms with Crippen LogP contribution in [-0.2, 0) is 0 Å². The van der Waals surface area contributed by atoms with Crippen LogP contribution in [0.25, 0.3) is 0 Å².